The fraction of sp³-hybridized carbons (Fsp3) is 0. The van der Waals surface area contributed by atoms with Crippen LogP contribution in [0.25, 0.3) is 0 Å². The molecule has 92 valence electrons. The quantitative estimate of drug-likeness (QED) is 0.457. The molecule has 0 bridgehead atoms. The number of hydrogen-bond donors (Lipinski definition) is 2. The number of nitrogens with one attached hydrogen (secondary N) is 2. The normalized spacial score (nSPS) is 10.8. The fourth-order valence-electron chi connectivity index (χ4n) is 1.20. The number of nitrogens with zero attached hydrogens (tertiary/aromatic N) is 2. The highest BCUT2D eigenvalue weighted by atomic mass is 127. The maximum Gasteiger partial charge on any atom is 0.290 e. The Morgan fingerprint density at radius 1 is 1.44 bits per heavy atom. The molecule has 1 heterocycles. The number of halogens is 2. The van der Waals surface area contributed by atoms with E-state index in [-0.39, 0.29) is 5.91 Å². The van der Waals surface area contributed by atoms with Crippen LogP contribution in [0.1, 0.15) is 16.1 Å². The van der Waals surface area contributed by atoms with Gasteiger partial charge >= 0.3 is 0 Å². The summed E-state index contributed by atoms with van der Waals surface area (Å²) < 4.78 is 1.75. The van der Waals surface area contributed by atoms with Gasteiger partial charge in [0.25, 0.3) is 5.91 Å². The molecule has 0 aliphatic rings. The van der Waals surface area contributed by atoms with Gasteiger partial charge in [-0.05, 0) is 40.3 Å². The molecule has 1 amide bonds. The second-order valence-electron chi connectivity index (χ2n) is 3.34. The molecule has 1 aromatic heterocycles. The lowest BCUT2D eigenvalue weighted by molar-refractivity contribution is 0.0949. The SMILES string of the molecule is O=C(NN=Cc1ccc(Br)cc1)c1[nH]ncc1I. The molecule has 0 fully saturated rings. The van der Waals surface area contributed by atoms with Crippen molar-refractivity contribution in [3.63, 3.8) is 0 Å². The van der Waals surface area contributed by atoms with Gasteiger partial charge < -0.3 is 0 Å². The van der Waals surface area contributed by atoms with E-state index in [2.05, 4.69) is 36.7 Å². The molecule has 0 radical (unpaired) electrons. The predicted molar refractivity (Wildman–Crippen MR) is 80.5 cm³/mol. The zero-order chi connectivity index (χ0) is 13.0. The number of rotatable bonds is 3. The number of carbonyl (C=O) groups excluding carboxylic acids is 1. The van der Waals surface area contributed by atoms with Crippen LogP contribution in [0.2, 0.25) is 0 Å². The summed E-state index contributed by atoms with van der Waals surface area (Å²) in [4.78, 5) is 11.7. The van der Waals surface area contributed by atoms with Gasteiger partial charge in [-0.1, -0.05) is 28.1 Å². The monoisotopic (exact) mass is 418 g/mol. The van der Waals surface area contributed by atoms with Gasteiger partial charge in [0, 0.05) is 4.47 Å². The van der Waals surface area contributed by atoms with E-state index >= 15 is 0 Å². The van der Waals surface area contributed by atoms with E-state index in [4.69, 9.17) is 0 Å². The first-order chi connectivity index (χ1) is 8.66. The van der Waals surface area contributed by atoms with E-state index in [1.807, 2.05) is 46.9 Å². The number of carbonyl (C=O) groups is 1. The van der Waals surface area contributed by atoms with Crippen LogP contribution in [0, 0.1) is 3.57 Å². The lowest BCUT2D eigenvalue weighted by atomic mass is 10.2. The molecule has 7 heteroatoms. The number of aromatic amines is 1. The van der Waals surface area contributed by atoms with Crippen LogP contribution in [0.3, 0.4) is 0 Å². The summed E-state index contributed by atoms with van der Waals surface area (Å²) in [6, 6.07) is 7.58. The number of amides is 1. The van der Waals surface area contributed by atoms with Crippen molar-refractivity contribution in [2.45, 2.75) is 0 Å². The number of hydrazone groups is 1. The number of H-pyrrole nitrogens is 1. The standard InChI is InChI=1S/C11H8BrIN4O/c12-8-3-1-7(2-4-8)5-14-17-11(18)10-9(13)6-15-16-10/h1-6H,(H,15,16)(H,17,18). The highest BCUT2D eigenvalue weighted by Crippen LogP contribution is 2.09. The van der Waals surface area contributed by atoms with Gasteiger partial charge in [-0.3, -0.25) is 9.89 Å². The van der Waals surface area contributed by atoms with Crippen LogP contribution in [-0.2, 0) is 0 Å². The van der Waals surface area contributed by atoms with Crippen molar-refractivity contribution in [3.8, 4) is 0 Å². The van der Waals surface area contributed by atoms with Gasteiger partial charge in [-0.25, -0.2) is 5.43 Å². The Hall–Kier alpha value is -1.22. The third-order valence-corrected chi connectivity index (χ3v) is 3.42. The van der Waals surface area contributed by atoms with Crippen molar-refractivity contribution in [1.82, 2.24) is 15.6 Å². The van der Waals surface area contributed by atoms with Crippen LogP contribution in [0.5, 0.6) is 0 Å². The number of aromatic nitrogens is 2. The first-order valence-corrected chi connectivity index (χ1v) is 6.82. The zero-order valence-corrected chi connectivity index (χ0v) is 12.8. The summed E-state index contributed by atoms with van der Waals surface area (Å²) >= 11 is 5.37. The van der Waals surface area contributed by atoms with E-state index in [1.54, 1.807) is 12.4 Å². The van der Waals surface area contributed by atoms with Crippen molar-refractivity contribution < 1.29 is 4.79 Å². The van der Waals surface area contributed by atoms with Crippen molar-refractivity contribution in [1.29, 1.82) is 0 Å². The zero-order valence-electron chi connectivity index (χ0n) is 9.02. The lowest BCUT2D eigenvalue weighted by Crippen LogP contribution is -2.19. The second kappa shape index (κ2) is 6.10. The molecule has 0 unspecified atom stereocenters. The Kier molecular flexibility index (Phi) is 4.48. The fourth-order valence-corrected chi connectivity index (χ4v) is 1.97. The van der Waals surface area contributed by atoms with Crippen molar-refractivity contribution in [3.05, 3.63) is 49.8 Å². The maximum atomic E-state index is 11.7. The van der Waals surface area contributed by atoms with Crippen LogP contribution >= 0.6 is 38.5 Å². The van der Waals surface area contributed by atoms with Gasteiger partial charge in [0.2, 0.25) is 0 Å². The predicted octanol–water partition coefficient (Wildman–Crippen LogP) is 2.54. The minimum Gasteiger partial charge on any atom is -0.272 e. The molecule has 1 aromatic carbocycles. The summed E-state index contributed by atoms with van der Waals surface area (Å²) in [5.41, 5.74) is 3.74. The van der Waals surface area contributed by atoms with Crippen LogP contribution in [0.4, 0.5) is 0 Å². The largest absolute Gasteiger partial charge is 0.290 e. The minimum atomic E-state index is -0.315. The molecule has 0 aliphatic carbocycles. The van der Waals surface area contributed by atoms with Crippen LogP contribution in [0.15, 0.2) is 40.0 Å². The molecule has 0 saturated carbocycles. The summed E-state index contributed by atoms with van der Waals surface area (Å²) in [5.74, 6) is -0.315. The first kappa shape index (κ1) is 13.2. The van der Waals surface area contributed by atoms with E-state index in [1.165, 1.54) is 0 Å². The Morgan fingerprint density at radius 3 is 2.78 bits per heavy atom. The van der Waals surface area contributed by atoms with E-state index in [0.717, 1.165) is 13.6 Å². The van der Waals surface area contributed by atoms with E-state index < -0.39 is 0 Å². The maximum absolute atomic E-state index is 11.7. The summed E-state index contributed by atoms with van der Waals surface area (Å²) in [7, 11) is 0. The molecule has 5 nitrogen and oxygen atoms in total. The molecule has 0 aliphatic heterocycles. The van der Waals surface area contributed by atoms with Crippen molar-refractivity contribution in [2.75, 3.05) is 0 Å². The van der Waals surface area contributed by atoms with Gasteiger partial charge in [-0.15, -0.1) is 0 Å². The molecule has 2 rings (SSSR count). The average molecular weight is 419 g/mol. The van der Waals surface area contributed by atoms with Gasteiger partial charge in [0.15, 0.2) is 0 Å². The van der Waals surface area contributed by atoms with Crippen molar-refractivity contribution >= 4 is 50.6 Å². The molecule has 2 N–H and O–H groups in total. The van der Waals surface area contributed by atoms with Crippen molar-refractivity contribution in [2.24, 2.45) is 5.10 Å². The minimum absolute atomic E-state index is 0.315. The summed E-state index contributed by atoms with van der Waals surface area (Å²) in [6.45, 7) is 0. The Balaban J connectivity index is 1.98. The topological polar surface area (TPSA) is 70.1 Å². The highest BCUT2D eigenvalue weighted by molar-refractivity contribution is 14.1. The van der Waals surface area contributed by atoms with Crippen LogP contribution in [-0.4, -0.2) is 22.3 Å². The molecule has 2 aromatic rings. The molecule has 0 atom stereocenters. The number of hydrogen-bond acceptors (Lipinski definition) is 3. The molecular formula is C11H8BrIN4O. The highest BCUT2D eigenvalue weighted by Gasteiger charge is 2.10. The van der Waals surface area contributed by atoms with E-state index in [0.29, 0.717) is 5.69 Å². The Morgan fingerprint density at radius 2 is 2.17 bits per heavy atom. The first-order valence-electron chi connectivity index (χ1n) is 4.94. The lowest BCUT2D eigenvalue weighted by Gasteiger charge is -1.97. The van der Waals surface area contributed by atoms with Gasteiger partial charge in [0.05, 0.1) is 16.0 Å². The number of benzene rings is 1. The molecular weight excluding hydrogens is 411 g/mol. The third-order valence-electron chi connectivity index (χ3n) is 2.07. The molecule has 0 saturated heterocycles. The third kappa shape index (κ3) is 3.39. The second-order valence-corrected chi connectivity index (χ2v) is 5.42. The van der Waals surface area contributed by atoms with Crippen LogP contribution < -0.4 is 5.43 Å². The van der Waals surface area contributed by atoms with Gasteiger partial charge in [-0.2, -0.15) is 10.2 Å². The summed E-state index contributed by atoms with van der Waals surface area (Å²) in [6.07, 6.45) is 3.15. The van der Waals surface area contributed by atoms with Gasteiger partial charge in [0.1, 0.15) is 5.69 Å². The summed E-state index contributed by atoms with van der Waals surface area (Å²) in [5, 5.41) is 10.3. The Labute approximate surface area is 125 Å². The average Bonchev–Trinajstić information content (AvgIpc) is 2.78. The smallest absolute Gasteiger partial charge is 0.272 e. The molecule has 18 heavy (non-hydrogen) atoms. The Bertz CT molecular complexity index is 579. The van der Waals surface area contributed by atoms with E-state index in [9.17, 15) is 4.79 Å². The molecule has 0 spiro atoms.